The number of anilines is 1. The average molecular weight is 426 g/mol. The maximum absolute atomic E-state index is 12.7. The fraction of sp³-hybridized carbons (Fsp3) is 0.350. The number of amides is 1. The van der Waals surface area contributed by atoms with E-state index >= 15 is 0 Å². The monoisotopic (exact) mass is 425 g/mol. The van der Waals surface area contributed by atoms with Crippen molar-refractivity contribution in [2.45, 2.75) is 50.6 Å². The van der Waals surface area contributed by atoms with E-state index in [1.807, 2.05) is 18.2 Å². The van der Waals surface area contributed by atoms with Gasteiger partial charge in [-0.2, -0.15) is 0 Å². The Morgan fingerprint density at radius 1 is 1.00 bits per heavy atom. The summed E-state index contributed by atoms with van der Waals surface area (Å²) >= 11 is 0. The van der Waals surface area contributed by atoms with Crippen LogP contribution in [0.1, 0.15) is 38.8 Å². The van der Waals surface area contributed by atoms with Gasteiger partial charge >= 0.3 is 0 Å². The highest BCUT2D eigenvalue weighted by molar-refractivity contribution is 7.89. The number of aryl methyl sites for hydroxylation is 1. The molecule has 8 heteroatoms. The molecule has 1 amide bonds. The third kappa shape index (κ3) is 5.78. The van der Waals surface area contributed by atoms with Crippen LogP contribution in [-0.4, -0.2) is 19.9 Å². The smallest absolute Gasteiger partial charge is 0.248 e. The molecule has 2 aromatic carbocycles. The minimum absolute atomic E-state index is 0. The summed E-state index contributed by atoms with van der Waals surface area (Å²) in [5, 5.41) is 2.73. The van der Waals surface area contributed by atoms with Crippen molar-refractivity contribution in [3.63, 3.8) is 0 Å². The molecule has 1 unspecified atom stereocenters. The summed E-state index contributed by atoms with van der Waals surface area (Å²) in [5.74, 6) is -0.426. The van der Waals surface area contributed by atoms with Gasteiger partial charge in [0, 0.05) is 11.2 Å². The van der Waals surface area contributed by atoms with Gasteiger partial charge in [0.05, 0.1) is 4.90 Å². The summed E-state index contributed by atoms with van der Waals surface area (Å²) < 4.78 is 28.0. The number of hydrogen-bond acceptors (Lipinski definition) is 4. The van der Waals surface area contributed by atoms with E-state index in [9.17, 15) is 13.2 Å². The molecule has 0 radical (unpaired) electrons. The van der Waals surface area contributed by atoms with Gasteiger partial charge in [-0.1, -0.05) is 36.4 Å². The van der Waals surface area contributed by atoms with E-state index in [0.717, 1.165) is 0 Å². The maximum atomic E-state index is 12.7. The van der Waals surface area contributed by atoms with Gasteiger partial charge in [-0.05, 0) is 57.9 Å². The summed E-state index contributed by atoms with van der Waals surface area (Å²) in [4.78, 5) is 12.8. The van der Waals surface area contributed by atoms with E-state index in [2.05, 4.69) is 10.0 Å². The Morgan fingerprint density at radius 2 is 1.57 bits per heavy atom. The minimum Gasteiger partial charge on any atom is -0.324 e. The lowest BCUT2D eigenvalue weighted by atomic mass is 9.92. The molecule has 2 aromatic rings. The summed E-state index contributed by atoms with van der Waals surface area (Å²) in [6.45, 7) is 8.63. The first-order valence-corrected chi connectivity index (χ1v) is 10.1. The van der Waals surface area contributed by atoms with Gasteiger partial charge in [-0.3, -0.25) is 4.79 Å². The zero-order valence-corrected chi connectivity index (χ0v) is 18.4. The molecule has 0 saturated carbocycles. The molecule has 28 heavy (non-hydrogen) atoms. The predicted molar refractivity (Wildman–Crippen MR) is 115 cm³/mol. The molecule has 0 heterocycles. The van der Waals surface area contributed by atoms with Gasteiger partial charge in [0.2, 0.25) is 15.9 Å². The first kappa shape index (κ1) is 24.1. The highest BCUT2D eigenvalue weighted by Gasteiger charge is 2.31. The third-order valence-corrected chi connectivity index (χ3v) is 5.92. The zero-order valence-electron chi connectivity index (χ0n) is 16.7. The van der Waals surface area contributed by atoms with Crippen LogP contribution < -0.4 is 15.8 Å². The van der Waals surface area contributed by atoms with Gasteiger partial charge in [-0.15, -0.1) is 12.4 Å². The topological polar surface area (TPSA) is 101 Å². The van der Waals surface area contributed by atoms with Crippen LogP contribution in [0.4, 0.5) is 5.69 Å². The van der Waals surface area contributed by atoms with Gasteiger partial charge in [0.1, 0.15) is 5.54 Å². The Balaban J connectivity index is 0.00000392. The van der Waals surface area contributed by atoms with Crippen molar-refractivity contribution in [2.75, 3.05) is 5.32 Å². The molecule has 0 aliphatic rings. The third-order valence-electron chi connectivity index (χ3n) is 4.02. The van der Waals surface area contributed by atoms with E-state index in [1.165, 1.54) is 6.07 Å². The fourth-order valence-corrected chi connectivity index (χ4v) is 4.29. The second-order valence-electron chi connectivity index (χ2n) is 7.86. The Labute approximate surface area is 173 Å². The van der Waals surface area contributed by atoms with Crippen LogP contribution in [0.5, 0.6) is 0 Å². The first-order chi connectivity index (χ1) is 12.3. The first-order valence-electron chi connectivity index (χ1n) is 8.63. The fourth-order valence-electron chi connectivity index (χ4n) is 2.60. The number of nitrogens with two attached hydrogens (primary N) is 1. The number of halogens is 1. The summed E-state index contributed by atoms with van der Waals surface area (Å²) in [6.07, 6.45) is 0. The SMILES string of the molecule is Cc1ccc(NC(=O)C(C)(N)c2ccccc2)cc1S(=O)(=O)NC(C)(C)C.Cl. The van der Waals surface area contributed by atoms with Crippen molar-refractivity contribution in [1.29, 1.82) is 0 Å². The molecule has 4 N–H and O–H groups in total. The lowest BCUT2D eigenvalue weighted by Gasteiger charge is -2.25. The van der Waals surface area contributed by atoms with E-state index in [0.29, 0.717) is 16.8 Å². The maximum Gasteiger partial charge on any atom is 0.248 e. The van der Waals surface area contributed by atoms with Crippen LogP contribution in [-0.2, 0) is 20.4 Å². The Morgan fingerprint density at radius 3 is 2.11 bits per heavy atom. The Hall–Kier alpha value is -1.93. The Kier molecular flexibility index (Phi) is 7.41. The molecule has 0 fully saturated rings. The highest BCUT2D eigenvalue weighted by Crippen LogP contribution is 2.24. The van der Waals surface area contributed by atoms with Crippen molar-refractivity contribution in [3.8, 4) is 0 Å². The van der Waals surface area contributed by atoms with Crippen molar-refractivity contribution in [3.05, 3.63) is 59.7 Å². The molecule has 6 nitrogen and oxygen atoms in total. The molecule has 0 saturated heterocycles. The molecule has 2 rings (SSSR count). The van der Waals surface area contributed by atoms with Crippen LogP contribution in [0, 0.1) is 6.92 Å². The second-order valence-corrected chi connectivity index (χ2v) is 9.51. The largest absolute Gasteiger partial charge is 0.324 e. The molecular formula is C20H28ClN3O3S. The van der Waals surface area contributed by atoms with E-state index in [-0.39, 0.29) is 17.3 Å². The van der Waals surface area contributed by atoms with Crippen molar-refractivity contribution in [2.24, 2.45) is 5.73 Å². The van der Waals surface area contributed by atoms with Crippen LogP contribution in [0.3, 0.4) is 0 Å². The Bertz CT molecular complexity index is 937. The lowest BCUT2D eigenvalue weighted by molar-refractivity contribution is -0.120. The minimum atomic E-state index is -3.73. The van der Waals surface area contributed by atoms with Crippen LogP contribution in [0.2, 0.25) is 0 Å². The number of hydrogen-bond donors (Lipinski definition) is 3. The van der Waals surface area contributed by atoms with Gasteiger partial charge in [-0.25, -0.2) is 13.1 Å². The molecule has 154 valence electrons. The number of benzene rings is 2. The quantitative estimate of drug-likeness (QED) is 0.683. The van der Waals surface area contributed by atoms with Gasteiger partial charge in [0.15, 0.2) is 0 Å². The normalized spacial score (nSPS) is 13.9. The lowest BCUT2D eigenvalue weighted by Crippen LogP contribution is -2.45. The standard InChI is InChI=1S/C20H27N3O3S.ClH/c1-14-11-12-16(13-17(14)27(25,26)23-19(2,3)4)22-18(24)20(5,21)15-9-7-6-8-10-15;/h6-13,23H,21H2,1-5H3,(H,22,24);1H. The molecule has 0 aliphatic heterocycles. The van der Waals surface area contributed by atoms with Crippen molar-refractivity contribution < 1.29 is 13.2 Å². The molecule has 0 aliphatic carbocycles. The number of nitrogens with one attached hydrogen (secondary N) is 2. The molecule has 1 atom stereocenters. The van der Waals surface area contributed by atoms with E-state index in [1.54, 1.807) is 58.9 Å². The van der Waals surface area contributed by atoms with E-state index < -0.39 is 27.0 Å². The highest BCUT2D eigenvalue weighted by atomic mass is 35.5. The number of carbonyl (C=O) groups excluding carboxylic acids is 1. The second kappa shape index (κ2) is 8.61. The summed E-state index contributed by atoms with van der Waals surface area (Å²) in [7, 11) is -3.73. The van der Waals surface area contributed by atoms with Gasteiger partial charge < -0.3 is 11.1 Å². The average Bonchev–Trinajstić information content (AvgIpc) is 2.55. The zero-order chi connectivity index (χ0) is 20.5. The molecular weight excluding hydrogens is 398 g/mol. The van der Waals surface area contributed by atoms with Crippen LogP contribution >= 0.6 is 12.4 Å². The predicted octanol–water partition coefficient (Wildman–Crippen LogP) is 3.31. The van der Waals surface area contributed by atoms with Crippen LogP contribution in [0.25, 0.3) is 0 Å². The van der Waals surface area contributed by atoms with Crippen LogP contribution in [0.15, 0.2) is 53.4 Å². The van der Waals surface area contributed by atoms with Crippen molar-refractivity contribution >= 4 is 34.0 Å². The summed E-state index contributed by atoms with van der Waals surface area (Å²) in [6, 6.07) is 13.8. The molecule has 0 spiro atoms. The molecule has 0 aromatic heterocycles. The van der Waals surface area contributed by atoms with Crippen molar-refractivity contribution in [1.82, 2.24) is 4.72 Å². The van der Waals surface area contributed by atoms with E-state index in [4.69, 9.17) is 5.73 Å². The number of sulfonamides is 1. The molecule has 0 bridgehead atoms. The number of carbonyl (C=O) groups is 1. The van der Waals surface area contributed by atoms with Gasteiger partial charge in [0.25, 0.3) is 0 Å². The summed E-state index contributed by atoms with van der Waals surface area (Å²) in [5.41, 5.74) is 5.97. The number of rotatable bonds is 5.